The minimum Gasteiger partial charge on any atom is -0.475 e. The Bertz CT molecular complexity index is 789. The van der Waals surface area contributed by atoms with Crippen LogP contribution >= 0.6 is 24.0 Å². The molecule has 2 rings (SSSR count). The molecule has 2 N–H and O–H groups in total. The summed E-state index contributed by atoms with van der Waals surface area (Å²) >= 11 is 0. The lowest BCUT2D eigenvalue weighted by Crippen LogP contribution is -2.36. The third-order valence-corrected chi connectivity index (χ3v) is 3.66. The summed E-state index contributed by atoms with van der Waals surface area (Å²) in [5.41, 5.74) is 1.24. The molecule has 0 bridgehead atoms. The highest BCUT2D eigenvalue weighted by molar-refractivity contribution is 14.0. The number of para-hydroxylation sites is 1. The number of nitrogens with zero attached hydrogens (tertiary/aromatic N) is 2. The van der Waals surface area contributed by atoms with Crippen LogP contribution in [0.3, 0.4) is 0 Å². The maximum absolute atomic E-state index is 12.5. The number of aliphatic imine (C=N–C) groups is 1. The highest BCUT2D eigenvalue weighted by atomic mass is 127. The molecular formula is C19H24F3IN4O3. The molecule has 0 unspecified atom stereocenters. The summed E-state index contributed by atoms with van der Waals surface area (Å²) in [7, 11) is 3.16. The zero-order valence-electron chi connectivity index (χ0n) is 16.5. The first kappa shape index (κ1) is 25.8. The Hall–Kier alpha value is -2.28. The third-order valence-electron chi connectivity index (χ3n) is 3.66. The Morgan fingerprint density at radius 1 is 1.07 bits per heavy atom. The van der Waals surface area contributed by atoms with Gasteiger partial charge in [0.05, 0.1) is 6.61 Å². The molecule has 0 aliphatic carbocycles. The van der Waals surface area contributed by atoms with E-state index in [4.69, 9.17) is 9.47 Å². The molecule has 1 aromatic carbocycles. The molecule has 1 heterocycles. The van der Waals surface area contributed by atoms with Gasteiger partial charge in [0.2, 0.25) is 5.88 Å². The van der Waals surface area contributed by atoms with Crippen LogP contribution in [0.15, 0.2) is 47.6 Å². The fraction of sp³-hybridized carbons (Fsp3) is 0.368. The Labute approximate surface area is 190 Å². The van der Waals surface area contributed by atoms with E-state index in [0.717, 1.165) is 5.56 Å². The molecule has 0 aliphatic rings. The van der Waals surface area contributed by atoms with Crippen molar-refractivity contribution in [3.05, 3.63) is 53.7 Å². The molecule has 1 aromatic heterocycles. The Morgan fingerprint density at radius 2 is 1.80 bits per heavy atom. The number of aromatic nitrogens is 1. The average molecular weight is 540 g/mol. The number of rotatable bonds is 9. The largest absolute Gasteiger partial charge is 0.573 e. The second-order valence-corrected chi connectivity index (χ2v) is 5.78. The third kappa shape index (κ3) is 9.48. The van der Waals surface area contributed by atoms with Crippen LogP contribution in [-0.2, 0) is 17.8 Å². The van der Waals surface area contributed by atoms with E-state index in [1.54, 1.807) is 38.6 Å². The van der Waals surface area contributed by atoms with Crippen LogP contribution in [0.25, 0.3) is 0 Å². The SMILES string of the molecule is CN=C(NCc1ccc(OCCOC)nc1)NCc1ccccc1OC(F)(F)F.I. The van der Waals surface area contributed by atoms with Gasteiger partial charge < -0.3 is 24.8 Å². The molecule has 30 heavy (non-hydrogen) atoms. The van der Waals surface area contributed by atoms with Crippen molar-refractivity contribution in [2.24, 2.45) is 4.99 Å². The number of alkyl halides is 3. The first-order chi connectivity index (χ1) is 13.9. The molecule has 166 valence electrons. The van der Waals surface area contributed by atoms with Gasteiger partial charge in [-0.2, -0.15) is 0 Å². The van der Waals surface area contributed by atoms with Crippen LogP contribution in [-0.4, -0.2) is 44.7 Å². The van der Waals surface area contributed by atoms with E-state index in [0.29, 0.717) is 37.2 Å². The number of ether oxygens (including phenoxy) is 3. The van der Waals surface area contributed by atoms with E-state index in [1.807, 2.05) is 6.07 Å². The van der Waals surface area contributed by atoms with E-state index < -0.39 is 6.36 Å². The first-order valence-corrected chi connectivity index (χ1v) is 8.76. The lowest BCUT2D eigenvalue weighted by atomic mass is 10.2. The number of hydrogen-bond donors (Lipinski definition) is 2. The Kier molecular flexibility index (Phi) is 11.3. The molecule has 11 heteroatoms. The van der Waals surface area contributed by atoms with Crippen molar-refractivity contribution in [1.29, 1.82) is 0 Å². The molecule has 0 saturated carbocycles. The molecule has 7 nitrogen and oxygen atoms in total. The van der Waals surface area contributed by atoms with E-state index >= 15 is 0 Å². The number of methoxy groups -OCH3 is 1. The minimum absolute atomic E-state index is 0. The number of halogens is 4. The molecule has 0 atom stereocenters. The number of nitrogens with one attached hydrogen (secondary N) is 2. The zero-order chi connectivity index (χ0) is 21.1. The van der Waals surface area contributed by atoms with E-state index in [9.17, 15) is 13.2 Å². The first-order valence-electron chi connectivity index (χ1n) is 8.76. The normalized spacial score (nSPS) is 11.4. The predicted molar refractivity (Wildman–Crippen MR) is 117 cm³/mol. The van der Waals surface area contributed by atoms with E-state index in [-0.39, 0.29) is 36.3 Å². The van der Waals surface area contributed by atoms with Crippen molar-refractivity contribution < 1.29 is 27.4 Å². The van der Waals surface area contributed by atoms with Gasteiger partial charge in [0.1, 0.15) is 12.4 Å². The lowest BCUT2D eigenvalue weighted by molar-refractivity contribution is -0.274. The molecule has 0 spiro atoms. The van der Waals surface area contributed by atoms with Crippen LogP contribution in [0.2, 0.25) is 0 Å². The van der Waals surface area contributed by atoms with Crippen molar-refractivity contribution >= 4 is 29.9 Å². The minimum atomic E-state index is -4.75. The summed E-state index contributed by atoms with van der Waals surface area (Å²) in [6.45, 7) is 1.42. The van der Waals surface area contributed by atoms with Gasteiger partial charge in [-0.05, 0) is 11.6 Å². The summed E-state index contributed by atoms with van der Waals surface area (Å²) in [6, 6.07) is 9.53. The smallest absolute Gasteiger partial charge is 0.475 e. The van der Waals surface area contributed by atoms with Crippen LogP contribution in [0.1, 0.15) is 11.1 Å². The van der Waals surface area contributed by atoms with Crippen molar-refractivity contribution in [3.8, 4) is 11.6 Å². The number of pyridine rings is 1. The number of hydrogen-bond acceptors (Lipinski definition) is 5. The quantitative estimate of drug-likeness (QED) is 0.220. The standard InChI is InChI=1S/C19H23F3N4O3.HI/c1-23-18(25-12-14-7-8-17(24-11-14)28-10-9-27-2)26-13-15-5-3-4-6-16(15)29-19(20,21)22;/h3-8,11H,9-10,12-13H2,1-2H3,(H2,23,25,26);1H. The van der Waals surface area contributed by atoms with Gasteiger partial charge in [0.25, 0.3) is 0 Å². The topological polar surface area (TPSA) is 77.0 Å². The zero-order valence-corrected chi connectivity index (χ0v) is 18.9. The Morgan fingerprint density at radius 3 is 2.43 bits per heavy atom. The summed E-state index contributed by atoms with van der Waals surface area (Å²) in [6.07, 6.45) is -3.09. The second kappa shape index (κ2) is 13.1. The summed E-state index contributed by atoms with van der Waals surface area (Å²) < 4.78 is 51.9. The number of guanidine groups is 1. The van der Waals surface area contributed by atoms with Gasteiger partial charge >= 0.3 is 6.36 Å². The average Bonchev–Trinajstić information content (AvgIpc) is 2.69. The predicted octanol–water partition coefficient (Wildman–Crippen LogP) is 3.49. The van der Waals surface area contributed by atoms with E-state index in [1.165, 1.54) is 12.1 Å². The maximum atomic E-state index is 12.5. The van der Waals surface area contributed by atoms with Crippen molar-refractivity contribution in [2.45, 2.75) is 19.5 Å². The van der Waals surface area contributed by atoms with Crippen LogP contribution in [0, 0.1) is 0 Å². The van der Waals surface area contributed by atoms with Gasteiger partial charge in [-0.15, -0.1) is 37.1 Å². The van der Waals surface area contributed by atoms with Crippen molar-refractivity contribution in [2.75, 3.05) is 27.4 Å². The Balaban J connectivity index is 0.00000450. The highest BCUT2D eigenvalue weighted by Gasteiger charge is 2.31. The van der Waals surface area contributed by atoms with Crippen LogP contribution < -0.4 is 20.1 Å². The molecule has 0 radical (unpaired) electrons. The molecular weight excluding hydrogens is 516 g/mol. The number of benzene rings is 1. The maximum Gasteiger partial charge on any atom is 0.573 e. The van der Waals surface area contributed by atoms with Gasteiger partial charge in [-0.25, -0.2) is 4.98 Å². The summed E-state index contributed by atoms with van der Waals surface area (Å²) in [5, 5.41) is 6.03. The van der Waals surface area contributed by atoms with Gasteiger partial charge in [0.15, 0.2) is 5.96 Å². The molecule has 2 aromatic rings. The fourth-order valence-electron chi connectivity index (χ4n) is 2.29. The van der Waals surface area contributed by atoms with Gasteiger partial charge in [-0.1, -0.05) is 24.3 Å². The molecule has 0 saturated heterocycles. The van der Waals surface area contributed by atoms with Crippen LogP contribution in [0.4, 0.5) is 13.2 Å². The van der Waals surface area contributed by atoms with Gasteiger partial charge in [0, 0.05) is 45.1 Å². The van der Waals surface area contributed by atoms with Crippen molar-refractivity contribution in [1.82, 2.24) is 15.6 Å². The summed E-state index contributed by atoms with van der Waals surface area (Å²) in [4.78, 5) is 8.25. The highest BCUT2D eigenvalue weighted by Crippen LogP contribution is 2.26. The van der Waals surface area contributed by atoms with Crippen LogP contribution in [0.5, 0.6) is 11.6 Å². The molecule has 0 fully saturated rings. The molecule has 0 amide bonds. The molecule has 0 aliphatic heterocycles. The second-order valence-electron chi connectivity index (χ2n) is 5.78. The monoisotopic (exact) mass is 540 g/mol. The summed E-state index contributed by atoms with van der Waals surface area (Å²) in [5.74, 6) is 0.665. The van der Waals surface area contributed by atoms with E-state index in [2.05, 4.69) is 25.3 Å². The lowest BCUT2D eigenvalue weighted by Gasteiger charge is -2.15. The van der Waals surface area contributed by atoms with Gasteiger partial charge in [-0.3, -0.25) is 4.99 Å². The fourth-order valence-corrected chi connectivity index (χ4v) is 2.29. The van der Waals surface area contributed by atoms with Crippen molar-refractivity contribution in [3.63, 3.8) is 0 Å².